The van der Waals surface area contributed by atoms with E-state index < -0.39 is 11.6 Å². The van der Waals surface area contributed by atoms with Crippen LogP contribution < -0.4 is 10.6 Å². The van der Waals surface area contributed by atoms with Crippen molar-refractivity contribution in [3.8, 4) is 12.1 Å². The molecule has 0 bridgehead atoms. The van der Waals surface area contributed by atoms with Crippen molar-refractivity contribution in [2.24, 2.45) is 0 Å². The molecule has 11 rings (SSSR count). The molecule has 6 aromatic heterocycles. The molecule has 0 unspecified atom stereocenters. The van der Waals surface area contributed by atoms with Crippen molar-refractivity contribution in [1.82, 2.24) is 54.8 Å². The van der Waals surface area contributed by atoms with Gasteiger partial charge in [0.05, 0.1) is 70.6 Å². The van der Waals surface area contributed by atoms with Gasteiger partial charge in [-0.1, -0.05) is 64.3 Å². The highest BCUT2D eigenvalue weighted by molar-refractivity contribution is 9.10. The molecule has 7 heterocycles. The molecule has 85 heavy (non-hydrogen) atoms. The zero-order chi connectivity index (χ0) is 59.3. The third kappa shape index (κ3) is 13.8. The normalized spacial score (nSPS) is 12.8. The minimum Gasteiger partial charge on any atom is -0.354 e. The van der Waals surface area contributed by atoms with Crippen molar-refractivity contribution < 1.29 is 13.6 Å². The molecule has 1 amide bonds. The number of hydrogen-bond acceptors (Lipinski definition) is 13. The molecule has 23 heteroatoms. The second-order valence-corrected chi connectivity index (χ2v) is 23.2. The minimum absolute atomic E-state index is 0. The highest BCUT2D eigenvalue weighted by Gasteiger charge is 2.27. The Morgan fingerprint density at radius 1 is 0.624 bits per heavy atom. The van der Waals surface area contributed by atoms with Gasteiger partial charge < -0.3 is 15.5 Å². The first-order valence-electron chi connectivity index (χ1n) is 26.6. The van der Waals surface area contributed by atoms with E-state index in [-0.39, 0.29) is 52.9 Å². The lowest BCUT2D eigenvalue weighted by atomic mass is 9.89. The fourth-order valence-electron chi connectivity index (χ4n) is 9.89. The van der Waals surface area contributed by atoms with Gasteiger partial charge in [0.15, 0.2) is 0 Å². The Balaban J connectivity index is 0.000000203. The lowest BCUT2D eigenvalue weighted by Crippen LogP contribution is -2.27. The molecule has 2 N–H and O–H groups in total. The number of nitrogens with zero attached hydrogens (tertiary/aromatic N) is 13. The summed E-state index contributed by atoms with van der Waals surface area (Å²) in [6.45, 7) is 9.61. The van der Waals surface area contributed by atoms with Crippen molar-refractivity contribution in [2.45, 2.75) is 84.7 Å². The molecule has 4 aromatic carbocycles. The second kappa shape index (κ2) is 26.8. The third-order valence-electron chi connectivity index (χ3n) is 14.2. The number of hydrogen-bond donors (Lipinski definition) is 2. The van der Waals surface area contributed by atoms with Crippen LogP contribution in [-0.2, 0) is 12.8 Å². The highest BCUT2D eigenvalue weighted by atomic mass is 79.9. The number of amides is 1. The Bertz CT molecular complexity index is 4220. The number of fused-ring (bicyclic) bond motifs is 2. The van der Waals surface area contributed by atoms with Crippen LogP contribution in [0.5, 0.6) is 0 Å². The Hall–Kier alpha value is -8.17. The molecule has 1 fully saturated rings. The maximum Gasteiger partial charge on any atom is 0.255 e. The molecular formula is C62H54BrCl4F2N15O. The third-order valence-corrected chi connectivity index (χ3v) is 15.8. The van der Waals surface area contributed by atoms with E-state index in [4.69, 9.17) is 46.4 Å². The Morgan fingerprint density at radius 2 is 1.08 bits per heavy atom. The van der Waals surface area contributed by atoms with Gasteiger partial charge in [-0.3, -0.25) is 24.7 Å². The first-order valence-corrected chi connectivity index (χ1v) is 28.9. The maximum atomic E-state index is 13.9. The number of likely N-dealkylation sites (tertiary alicyclic amines) is 1. The first-order chi connectivity index (χ1) is 40.4. The number of halogens is 7. The van der Waals surface area contributed by atoms with Crippen LogP contribution in [0.3, 0.4) is 0 Å². The summed E-state index contributed by atoms with van der Waals surface area (Å²) >= 11 is 29.1. The van der Waals surface area contributed by atoms with Crippen LogP contribution in [0.25, 0.3) is 21.8 Å². The molecule has 0 aliphatic carbocycles. The number of nitriles is 2. The molecule has 1 aliphatic heterocycles. The highest BCUT2D eigenvalue weighted by Crippen LogP contribution is 2.39. The molecule has 2 atom stereocenters. The van der Waals surface area contributed by atoms with Crippen LogP contribution >= 0.6 is 62.3 Å². The first kappa shape index (κ1) is 61.4. The van der Waals surface area contributed by atoms with Gasteiger partial charge in [0, 0.05) is 113 Å². The van der Waals surface area contributed by atoms with E-state index >= 15 is 0 Å². The number of benzene rings is 4. The van der Waals surface area contributed by atoms with Crippen molar-refractivity contribution in [3.05, 3.63) is 209 Å². The monoisotopic (exact) mass is 1280 g/mol. The average Bonchev–Trinajstić information content (AvgIpc) is 3.73. The van der Waals surface area contributed by atoms with E-state index in [1.807, 2.05) is 92.3 Å². The van der Waals surface area contributed by atoms with Crippen LogP contribution in [-0.4, -0.2) is 73.8 Å². The largest absolute Gasteiger partial charge is 0.354 e. The van der Waals surface area contributed by atoms with Crippen LogP contribution in [0, 0.1) is 34.3 Å². The number of anilines is 4. The lowest BCUT2D eigenvalue weighted by molar-refractivity contribution is 0.0792. The van der Waals surface area contributed by atoms with Crippen LogP contribution in [0.2, 0.25) is 20.1 Å². The number of aromatic nitrogens is 10. The smallest absolute Gasteiger partial charge is 0.255 e. The summed E-state index contributed by atoms with van der Waals surface area (Å²) in [6.07, 6.45) is 16.6. The van der Waals surface area contributed by atoms with E-state index in [1.165, 1.54) is 42.7 Å². The summed E-state index contributed by atoms with van der Waals surface area (Å²) < 4.78 is 32.1. The van der Waals surface area contributed by atoms with E-state index in [1.54, 1.807) is 29.3 Å². The molecule has 16 nitrogen and oxygen atoms in total. The lowest BCUT2D eigenvalue weighted by Gasteiger charge is -2.19. The Labute approximate surface area is 517 Å². The van der Waals surface area contributed by atoms with E-state index in [2.05, 4.69) is 79.3 Å². The number of carbonyl (C=O) groups is 1. The van der Waals surface area contributed by atoms with Gasteiger partial charge in [-0.2, -0.15) is 10.5 Å². The fourth-order valence-corrected chi connectivity index (χ4v) is 11.2. The van der Waals surface area contributed by atoms with Crippen molar-refractivity contribution in [1.29, 1.82) is 10.5 Å². The van der Waals surface area contributed by atoms with Crippen LogP contribution in [0.1, 0.15) is 127 Å². The summed E-state index contributed by atoms with van der Waals surface area (Å²) in [5, 5.41) is 45.8. The zero-order valence-electron chi connectivity index (χ0n) is 45.5. The summed E-state index contributed by atoms with van der Waals surface area (Å²) in [6, 6.07) is 24.6. The van der Waals surface area contributed by atoms with Gasteiger partial charge in [-0.15, -0.1) is 10.2 Å². The SMILES string of the molecule is C.CC(C)n1cc([C@@H](Cc2cc(Cl)c3ncc(C#N)c(Nc4ccc(F)c(Cl)c4)c3c2)c2cncc(Br)c2)nn1.CC(C)n1cc([C@@H](Cc2cc(Cl)c3ncc(C#N)c(Nc4ccc(F)c(Cl)c4)c3c2)c2cncc(C(=O)N3CCCC3)c2)nn1. The van der Waals surface area contributed by atoms with E-state index in [0.717, 1.165) is 64.0 Å². The van der Waals surface area contributed by atoms with Gasteiger partial charge in [0.1, 0.15) is 23.8 Å². The maximum absolute atomic E-state index is 13.9. The summed E-state index contributed by atoms with van der Waals surface area (Å²) in [5.74, 6) is -1.60. The summed E-state index contributed by atoms with van der Waals surface area (Å²) in [7, 11) is 0. The van der Waals surface area contributed by atoms with Gasteiger partial charge >= 0.3 is 0 Å². The molecule has 1 aliphatic rings. The topological polar surface area (TPSA) is 205 Å². The van der Waals surface area contributed by atoms with Crippen LogP contribution in [0.15, 0.2) is 127 Å². The molecule has 432 valence electrons. The van der Waals surface area contributed by atoms with Gasteiger partial charge in [0.2, 0.25) is 0 Å². The van der Waals surface area contributed by atoms with Crippen molar-refractivity contribution >= 4 is 113 Å². The van der Waals surface area contributed by atoms with Crippen LogP contribution in [0.4, 0.5) is 31.5 Å². The summed E-state index contributed by atoms with van der Waals surface area (Å²) in [5.41, 5.74) is 9.16. The Morgan fingerprint density at radius 3 is 1.51 bits per heavy atom. The summed E-state index contributed by atoms with van der Waals surface area (Å²) in [4.78, 5) is 32.8. The molecule has 0 radical (unpaired) electrons. The second-order valence-electron chi connectivity index (χ2n) is 20.7. The molecule has 0 saturated carbocycles. The van der Waals surface area contributed by atoms with Gasteiger partial charge in [-0.05, 0) is 164 Å². The molecule has 0 spiro atoms. The average molecular weight is 1280 g/mol. The number of carbonyl (C=O) groups excluding carboxylic acids is 1. The van der Waals surface area contributed by atoms with Crippen molar-refractivity contribution in [2.75, 3.05) is 23.7 Å². The quantitative estimate of drug-likeness (QED) is 0.0981. The van der Waals surface area contributed by atoms with E-state index in [9.17, 15) is 24.1 Å². The van der Waals surface area contributed by atoms with Gasteiger partial charge in [0.25, 0.3) is 5.91 Å². The standard InChI is InChI=1S/C33H29Cl2FN8O.C28H21BrCl2FN7.CH4/c1-19(2)44-18-30(41-42-44)25(21-12-22(16-38-15-21)33(45)43-7-3-4-8-43)9-20-10-26-31(40-24-5-6-29(36)27(34)13-24)23(14-37)17-39-32(26)28(35)11-20;1-15(2)39-14-26(37-38-39)21(17-8-19(29)13-34-11-17)5-16-6-22-27(36-20-3-4-25(32)23(30)9-20)18(10-33)12-35-28(22)24(31)7-16;/h5-6,10-13,15-19,25H,3-4,7-9H2,1-2H3,(H,39,40);3-4,6-9,11-15,21H,5H2,1-2H3,(H,35,36);1H4/t25-;21-;/m00./s1. The van der Waals surface area contributed by atoms with Gasteiger partial charge in [-0.25, -0.2) is 18.1 Å². The fraction of sp³-hybridized carbons (Fsp3) is 0.242. The molecule has 10 aromatic rings. The Kier molecular flexibility index (Phi) is 19.4. The number of pyridine rings is 4. The minimum atomic E-state index is -0.547. The molecule has 1 saturated heterocycles. The predicted molar refractivity (Wildman–Crippen MR) is 332 cm³/mol. The number of rotatable bonds is 15. The zero-order valence-corrected chi connectivity index (χ0v) is 50.1. The van der Waals surface area contributed by atoms with Crippen molar-refractivity contribution in [3.63, 3.8) is 0 Å². The predicted octanol–water partition coefficient (Wildman–Crippen LogP) is 16.1. The number of nitrogens with one attached hydrogen (secondary N) is 2. The van der Waals surface area contributed by atoms with E-state index in [0.29, 0.717) is 78.6 Å². The molecular weight excluding hydrogens is 1230 g/mol.